The first-order chi connectivity index (χ1) is 8.08. The summed E-state index contributed by atoms with van der Waals surface area (Å²) in [6.07, 6.45) is 1.25. The van der Waals surface area contributed by atoms with Gasteiger partial charge in [0, 0.05) is 0 Å². The molecule has 5 heteroatoms. The number of nitrogen functional groups attached to an aromatic ring is 1. The lowest BCUT2D eigenvalue weighted by atomic mass is 10.2. The molecule has 0 atom stereocenters. The van der Waals surface area contributed by atoms with E-state index < -0.39 is 5.82 Å². The zero-order valence-electron chi connectivity index (χ0n) is 9.57. The van der Waals surface area contributed by atoms with E-state index in [1.165, 1.54) is 6.33 Å². The van der Waals surface area contributed by atoms with E-state index in [-0.39, 0.29) is 11.6 Å². The van der Waals surface area contributed by atoms with Gasteiger partial charge in [-0.2, -0.15) is 9.37 Å². The van der Waals surface area contributed by atoms with Crippen LogP contribution >= 0.6 is 0 Å². The average molecular weight is 233 g/mol. The van der Waals surface area contributed by atoms with Crippen molar-refractivity contribution in [1.82, 2.24) is 9.97 Å². The topological polar surface area (TPSA) is 61.0 Å². The Labute approximate surface area is 98.3 Å². The van der Waals surface area contributed by atoms with Crippen molar-refractivity contribution in [2.45, 2.75) is 13.8 Å². The zero-order chi connectivity index (χ0) is 12.4. The van der Waals surface area contributed by atoms with E-state index in [4.69, 9.17) is 10.5 Å². The second-order valence-corrected chi connectivity index (χ2v) is 3.72. The second kappa shape index (κ2) is 4.37. The number of aryl methyl sites for hydroxylation is 2. The number of nitrogens with two attached hydrogens (primary N) is 1. The van der Waals surface area contributed by atoms with Gasteiger partial charge in [0.1, 0.15) is 6.33 Å². The van der Waals surface area contributed by atoms with E-state index in [1.54, 1.807) is 19.1 Å². The molecular formula is C12H12FN3O. The quantitative estimate of drug-likeness (QED) is 0.810. The van der Waals surface area contributed by atoms with E-state index in [2.05, 4.69) is 9.97 Å². The van der Waals surface area contributed by atoms with Crippen LogP contribution in [0, 0.1) is 19.7 Å². The molecule has 88 valence electrons. The highest BCUT2D eigenvalue weighted by molar-refractivity contribution is 5.54. The summed E-state index contributed by atoms with van der Waals surface area (Å²) in [5, 5.41) is 0. The Kier molecular flexibility index (Phi) is 2.91. The van der Waals surface area contributed by atoms with Gasteiger partial charge in [-0.25, -0.2) is 4.98 Å². The molecule has 0 spiro atoms. The SMILES string of the molecule is Cc1ccc(N)c(Oc2ncnc(C)c2F)c1. The summed E-state index contributed by atoms with van der Waals surface area (Å²) in [6, 6.07) is 5.28. The number of hydrogen-bond donors (Lipinski definition) is 1. The van der Waals surface area contributed by atoms with Crippen LogP contribution in [0.2, 0.25) is 0 Å². The summed E-state index contributed by atoms with van der Waals surface area (Å²) in [5.41, 5.74) is 7.38. The van der Waals surface area contributed by atoms with Gasteiger partial charge in [-0.3, -0.25) is 0 Å². The Balaban J connectivity index is 2.38. The summed E-state index contributed by atoms with van der Waals surface area (Å²) in [6.45, 7) is 3.44. The first kappa shape index (κ1) is 11.3. The van der Waals surface area contributed by atoms with Gasteiger partial charge in [0.25, 0.3) is 5.88 Å². The van der Waals surface area contributed by atoms with Crippen molar-refractivity contribution in [1.29, 1.82) is 0 Å². The Bertz CT molecular complexity index is 557. The van der Waals surface area contributed by atoms with Crippen molar-refractivity contribution in [3.05, 3.63) is 41.6 Å². The normalized spacial score (nSPS) is 10.3. The summed E-state index contributed by atoms with van der Waals surface area (Å²) in [5.74, 6) is -0.301. The summed E-state index contributed by atoms with van der Waals surface area (Å²) >= 11 is 0. The maximum absolute atomic E-state index is 13.6. The molecule has 0 aliphatic carbocycles. The lowest BCUT2D eigenvalue weighted by molar-refractivity contribution is 0.418. The molecule has 0 radical (unpaired) electrons. The fourth-order valence-corrected chi connectivity index (χ4v) is 1.34. The van der Waals surface area contributed by atoms with Crippen molar-refractivity contribution in [2.24, 2.45) is 0 Å². The second-order valence-electron chi connectivity index (χ2n) is 3.72. The molecule has 17 heavy (non-hydrogen) atoms. The molecule has 0 aliphatic rings. The van der Waals surface area contributed by atoms with Crippen LogP contribution in [0.15, 0.2) is 24.5 Å². The molecule has 1 aromatic heterocycles. The number of anilines is 1. The Morgan fingerprint density at radius 1 is 1.24 bits per heavy atom. The molecule has 2 rings (SSSR count). The van der Waals surface area contributed by atoms with Gasteiger partial charge in [0.2, 0.25) is 5.82 Å². The highest BCUT2D eigenvalue weighted by Gasteiger charge is 2.11. The fraction of sp³-hybridized carbons (Fsp3) is 0.167. The van der Waals surface area contributed by atoms with Crippen molar-refractivity contribution in [3.8, 4) is 11.6 Å². The van der Waals surface area contributed by atoms with Crippen molar-refractivity contribution >= 4 is 5.69 Å². The Morgan fingerprint density at radius 3 is 2.76 bits per heavy atom. The largest absolute Gasteiger partial charge is 0.434 e. The monoisotopic (exact) mass is 233 g/mol. The van der Waals surface area contributed by atoms with Gasteiger partial charge in [0.15, 0.2) is 5.75 Å². The van der Waals surface area contributed by atoms with Crippen molar-refractivity contribution < 1.29 is 9.13 Å². The molecule has 0 bridgehead atoms. The lowest BCUT2D eigenvalue weighted by Crippen LogP contribution is -1.99. The summed E-state index contributed by atoms with van der Waals surface area (Å²) in [4.78, 5) is 7.46. The molecular weight excluding hydrogens is 221 g/mol. The van der Waals surface area contributed by atoms with Gasteiger partial charge < -0.3 is 10.5 Å². The molecule has 2 N–H and O–H groups in total. The first-order valence-corrected chi connectivity index (χ1v) is 5.09. The third kappa shape index (κ3) is 2.33. The average Bonchev–Trinajstić information content (AvgIpc) is 2.30. The molecule has 0 amide bonds. The number of rotatable bonds is 2. The number of hydrogen-bond acceptors (Lipinski definition) is 4. The van der Waals surface area contributed by atoms with Crippen LogP contribution in [0.1, 0.15) is 11.3 Å². The van der Waals surface area contributed by atoms with Crippen LogP contribution in [0.25, 0.3) is 0 Å². The van der Waals surface area contributed by atoms with E-state index in [0.29, 0.717) is 11.4 Å². The highest BCUT2D eigenvalue weighted by Crippen LogP contribution is 2.28. The molecule has 2 aromatic rings. The molecule has 0 unspecified atom stereocenters. The van der Waals surface area contributed by atoms with Crippen LogP contribution in [0.3, 0.4) is 0 Å². The van der Waals surface area contributed by atoms with E-state index in [1.807, 2.05) is 13.0 Å². The van der Waals surface area contributed by atoms with Gasteiger partial charge in [0.05, 0.1) is 11.4 Å². The fourth-order valence-electron chi connectivity index (χ4n) is 1.34. The molecule has 1 heterocycles. The van der Waals surface area contributed by atoms with Gasteiger partial charge in [-0.15, -0.1) is 0 Å². The predicted molar refractivity (Wildman–Crippen MR) is 62.4 cm³/mol. The number of ether oxygens (including phenoxy) is 1. The summed E-state index contributed by atoms with van der Waals surface area (Å²) < 4.78 is 19.0. The Morgan fingerprint density at radius 2 is 2.00 bits per heavy atom. The number of benzene rings is 1. The Hall–Kier alpha value is -2.17. The molecule has 0 saturated carbocycles. The minimum Gasteiger partial charge on any atom is -0.434 e. The van der Waals surface area contributed by atoms with Gasteiger partial charge >= 0.3 is 0 Å². The van der Waals surface area contributed by atoms with Crippen molar-refractivity contribution in [2.75, 3.05) is 5.73 Å². The first-order valence-electron chi connectivity index (χ1n) is 5.09. The number of halogens is 1. The van der Waals surface area contributed by atoms with Gasteiger partial charge in [-0.1, -0.05) is 6.07 Å². The van der Waals surface area contributed by atoms with Crippen molar-refractivity contribution in [3.63, 3.8) is 0 Å². The van der Waals surface area contributed by atoms with E-state index in [9.17, 15) is 4.39 Å². The highest BCUT2D eigenvalue weighted by atomic mass is 19.1. The minimum absolute atomic E-state index is 0.116. The van der Waals surface area contributed by atoms with Crippen LogP contribution in [0.4, 0.5) is 10.1 Å². The van der Waals surface area contributed by atoms with Crippen LogP contribution in [-0.4, -0.2) is 9.97 Å². The zero-order valence-corrected chi connectivity index (χ0v) is 9.57. The van der Waals surface area contributed by atoms with Crippen LogP contribution < -0.4 is 10.5 Å². The van der Waals surface area contributed by atoms with Crippen LogP contribution in [0.5, 0.6) is 11.6 Å². The molecule has 0 saturated heterocycles. The molecule has 1 aromatic carbocycles. The summed E-state index contributed by atoms with van der Waals surface area (Å²) in [7, 11) is 0. The molecule has 0 aliphatic heterocycles. The predicted octanol–water partition coefficient (Wildman–Crippen LogP) is 2.61. The van der Waals surface area contributed by atoms with Crippen LogP contribution in [-0.2, 0) is 0 Å². The maximum atomic E-state index is 13.6. The molecule has 0 fully saturated rings. The third-order valence-corrected chi connectivity index (χ3v) is 2.31. The lowest BCUT2D eigenvalue weighted by Gasteiger charge is -2.09. The standard InChI is InChI=1S/C12H12FN3O/c1-7-3-4-9(14)10(5-7)17-12-11(13)8(2)15-6-16-12/h3-6H,14H2,1-2H3. The molecule has 4 nitrogen and oxygen atoms in total. The third-order valence-electron chi connectivity index (χ3n) is 2.31. The van der Waals surface area contributed by atoms with E-state index in [0.717, 1.165) is 5.56 Å². The maximum Gasteiger partial charge on any atom is 0.259 e. The minimum atomic E-state index is -0.576. The number of aromatic nitrogens is 2. The van der Waals surface area contributed by atoms with E-state index >= 15 is 0 Å². The number of nitrogens with zero attached hydrogens (tertiary/aromatic N) is 2. The smallest absolute Gasteiger partial charge is 0.259 e. The van der Waals surface area contributed by atoms with Gasteiger partial charge in [-0.05, 0) is 31.5 Å².